The topological polar surface area (TPSA) is 67.2 Å². The van der Waals surface area contributed by atoms with Crippen molar-refractivity contribution < 1.29 is 9.59 Å². The summed E-state index contributed by atoms with van der Waals surface area (Å²) in [5.41, 5.74) is 0.780. The van der Waals surface area contributed by atoms with E-state index < -0.39 is 6.04 Å². The normalized spacial score (nSPS) is 16.3. The number of hydrogen-bond donors (Lipinski definition) is 1. The van der Waals surface area contributed by atoms with Gasteiger partial charge in [0.15, 0.2) is 0 Å². The van der Waals surface area contributed by atoms with Gasteiger partial charge in [-0.1, -0.05) is 11.6 Å². The first-order valence-electron chi connectivity index (χ1n) is 7.26. The average molecular weight is 313 g/mol. The molecule has 0 spiro atoms. The zero-order valence-corrected chi connectivity index (χ0v) is 13.2. The molecule has 0 radical (unpaired) electrons. The second kappa shape index (κ2) is 6.93. The van der Waals surface area contributed by atoms with E-state index in [1.54, 1.807) is 17.8 Å². The number of hydrogen-bond acceptors (Lipinski definition) is 3. The van der Waals surface area contributed by atoms with Crippen molar-refractivity contribution in [1.82, 2.24) is 20.0 Å². The summed E-state index contributed by atoms with van der Waals surface area (Å²) in [5, 5.41) is 7.54. The Balaban J connectivity index is 1.74. The van der Waals surface area contributed by atoms with Gasteiger partial charge in [-0.05, 0) is 26.7 Å². The van der Waals surface area contributed by atoms with Crippen LogP contribution in [0.1, 0.15) is 37.9 Å². The van der Waals surface area contributed by atoms with Crippen LogP contribution in [0.25, 0.3) is 0 Å². The summed E-state index contributed by atoms with van der Waals surface area (Å²) >= 11 is 5.94. The predicted octanol–water partition coefficient (Wildman–Crippen LogP) is 1.53. The molecule has 1 unspecified atom stereocenters. The third kappa shape index (κ3) is 3.75. The summed E-state index contributed by atoms with van der Waals surface area (Å²) in [6.07, 6.45) is 3.91. The van der Waals surface area contributed by atoms with Crippen LogP contribution in [-0.2, 0) is 9.59 Å². The van der Waals surface area contributed by atoms with Gasteiger partial charge in [0.05, 0.1) is 16.9 Å². The molecule has 0 saturated carbocycles. The minimum atomic E-state index is -0.397. The van der Waals surface area contributed by atoms with Gasteiger partial charge >= 0.3 is 0 Å². The lowest BCUT2D eigenvalue weighted by Gasteiger charge is -2.17. The van der Waals surface area contributed by atoms with Crippen molar-refractivity contribution in [2.45, 2.75) is 39.2 Å². The molecule has 6 nitrogen and oxygen atoms in total. The van der Waals surface area contributed by atoms with Crippen molar-refractivity contribution in [3.63, 3.8) is 0 Å². The summed E-state index contributed by atoms with van der Waals surface area (Å²) in [7, 11) is 0. The first kappa shape index (κ1) is 15.8. The highest BCUT2D eigenvalue weighted by Gasteiger charge is 2.20. The monoisotopic (exact) mass is 312 g/mol. The van der Waals surface area contributed by atoms with Crippen LogP contribution in [0, 0.1) is 6.92 Å². The molecule has 21 heavy (non-hydrogen) atoms. The van der Waals surface area contributed by atoms with Crippen LogP contribution in [0.2, 0.25) is 5.02 Å². The van der Waals surface area contributed by atoms with Gasteiger partial charge in [-0.3, -0.25) is 14.3 Å². The van der Waals surface area contributed by atoms with Gasteiger partial charge in [0, 0.05) is 26.1 Å². The highest BCUT2D eigenvalue weighted by atomic mass is 35.5. The molecule has 1 aromatic heterocycles. The molecule has 1 atom stereocenters. The minimum Gasteiger partial charge on any atom is -0.354 e. The zero-order chi connectivity index (χ0) is 15.4. The van der Waals surface area contributed by atoms with E-state index in [4.69, 9.17) is 11.6 Å². The third-order valence-electron chi connectivity index (χ3n) is 3.81. The van der Waals surface area contributed by atoms with E-state index in [1.165, 1.54) is 0 Å². The van der Waals surface area contributed by atoms with E-state index >= 15 is 0 Å². The minimum absolute atomic E-state index is 0.0920. The van der Waals surface area contributed by atoms with Gasteiger partial charge in [-0.25, -0.2) is 0 Å². The lowest BCUT2D eigenvalue weighted by atomic mass is 10.3. The maximum atomic E-state index is 12.1. The molecule has 1 N–H and O–H groups in total. The zero-order valence-electron chi connectivity index (χ0n) is 12.4. The molecule has 1 fully saturated rings. The molecule has 7 heteroatoms. The first-order valence-corrected chi connectivity index (χ1v) is 7.63. The largest absolute Gasteiger partial charge is 0.354 e. The first-order chi connectivity index (χ1) is 10.0. The molecule has 1 aliphatic rings. The molecule has 2 rings (SSSR count). The van der Waals surface area contributed by atoms with E-state index in [1.807, 2.05) is 11.8 Å². The number of nitrogens with zero attached hydrogens (tertiary/aromatic N) is 3. The number of halogens is 1. The van der Waals surface area contributed by atoms with Crippen molar-refractivity contribution in [2.75, 3.05) is 19.6 Å². The van der Waals surface area contributed by atoms with Crippen molar-refractivity contribution >= 4 is 23.4 Å². The fraction of sp³-hybridized carbons (Fsp3) is 0.643. The number of amides is 2. The van der Waals surface area contributed by atoms with Gasteiger partial charge in [-0.2, -0.15) is 5.10 Å². The number of likely N-dealkylation sites (tertiary alicyclic amines) is 1. The Hall–Kier alpha value is -1.56. The Labute approximate surface area is 129 Å². The van der Waals surface area contributed by atoms with Crippen molar-refractivity contribution in [3.05, 3.63) is 16.9 Å². The second-order valence-electron chi connectivity index (χ2n) is 5.33. The standard InChI is InChI=1S/C14H21ClN4O2/c1-10-12(15)9-17-19(10)11(2)14(21)16-6-4-8-18-7-3-5-13(18)20/h9,11H,3-8H2,1-2H3,(H,16,21). The molecular formula is C14H21ClN4O2. The molecule has 2 amide bonds. The number of aromatic nitrogens is 2. The van der Waals surface area contributed by atoms with Crippen molar-refractivity contribution in [2.24, 2.45) is 0 Å². The highest BCUT2D eigenvalue weighted by molar-refractivity contribution is 6.31. The summed E-state index contributed by atoms with van der Waals surface area (Å²) < 4.78 is 1.61. The molecule has 0 bridgehead atoms. The summed E-state index contributed by atoms with van der Waals surface area (Å²) in [4.78, 5) is 25.4. The predicted molar refractivity (Wildman–Crippen MR) is 80.1 cm³/mol. The lowest BCUT2D eigenvalue weighted by molar-refractivity contribution is -0.127. The Morgan fingerprint density at radius 3 is 2.90 bits per heavy atom. The Morgan fingerprint density at radius 1 is 1.57 bits per heavy atom. The fourth-order valence-electron chi connectivity index (χ4n) is 2.47. The SMILES string of the molecule is Cc1c(Cl)cnn1C(C)C(=O)NCCCN1CCCC1=O. The molecule has 2 heterocycles. The number of nitrogens with one attached hydrogen (secondary N) is 1. The molecule has 116 valence electrons. The summed E-state index contributed by atoms with van der Waals surface area (Å²) in [6, 6.07) is -0.397. The molecule has 0 aromatic carbocycles. The van der Waals surface area contributed by atoms with E-state index in [0.717, 1.165) is 25.1 Å². The number of carbonyl (C=O) groups excluding carboxylic acids is 2. The Bertz CT molecular complexity index is 529. The maximum Gasteiger partial charge on any atom is 0.244 e. The molecule has 1 saturated heterocycles. The van der Waals surface area contributed by atoms with E-state index in [0.29, 0.717) is 24.5 Å². The van der Waals surface area contributed by atoms with Crippen LogP contribution >= 0.6 is 11.6 Å². The van der Waals surface area contributed by atoms with E-state index in [-0.39, 0.29) is 11.8 Å². The highest BCUT2D eigenvalue weighted by Crippen LogP contribution is 2.17. The molecule has 0 aliphatic carbocycles. The van der Waals surface area contributed by atoms with Gasteiger partial charge < -0.3 is 10.2 Å². The number of carbonyl (C=O) groups is 2. The van der Waals surface area contributed by atoms with Gasteiger partial charge in [0.1, 0.15) is 6.04 Å². The van der Waals surface area contributed by atoms with Crippen molar-refractivity contribution in [1.29, 1.82) is 0 Å². The van der Waals surface area contributed by atoms with Crippen LogP contribution in [0.4, 0.5) is 0 Å². The third-order valence-corrected chi connectivity index (χ3v) is 4.18. The average Bonchev–Trinajstić information content (AvgIpc) is 3.01. The lowest BCUT2D eigenvalue weighted by Crippen LogP contribution is -2.34. The van der Waals surface area contributed by atoms with Crippen LogP contribution in [-0.4, -0.2) is 46.1 Å². The van der Waals surface area contributed by atoms with Gasteiger partial charge in [0.2, 0.25) is 11.8 Å². The molecule has 1 aromatic rings. The second-order valence-corrected chi connectivity index (χ2v) is 5.73. The molecule has 1 aliphatic heterocycles. The smallest absolute Gasteiger partial charge is 0.244 e. The van der Waals surface area contributed by atoms with Crippen molar-refractivity contribution in [3.8, 4) is 0 Å². The van der Waals surface area contributed by atoms with E-state index in [9.17, 15) is 9.59 Å². The summed E-state index contributed by atoms with van der Waals surface area (Å²) in [6.45, 7) is 5.73. The summed E-state index contributed by atoms with van der Waals surface area (Å²) in [5.74, 6) is 0.127. The van der Waals surface area contributed by atoms with Crippen LogP contribution < -0.4 is 5.32 Å². The quantitative estimate of drug-likeness (QED) is 0.810. The fourth-order valence-corrected chi connectivity index (χ4v) is 2.60. The number of rotatable bonds is 6. The van der Waals surface area contributed by atoms with Gasteiger partial charge in [0.25, 0.3) is 0 Å². The molecular weight excluding hydrogens is 292 g/mol. The van der Waals surface area contributed by atoms with Crippen LogP contribution in [0.15, 0.2) is 6.20 Å². The Morgan fingerprint density at radius 2 is 2.33 bits per heavy atom. The van der Waals surface area contributed by atoms with Crippen LogP contribution in [0.5, 0.6) is 0 Å². The van der Waals surface area contributed by atoms with Crippen LogP contribution in [0.3, 0.4) is 0 Å². The van der Waals surface area contributed by atoms with Gasteiger partial charge in [-0.15, -0.1) is 0 Å². The van der Waals surface area contributed by atoms with E-state index in [2.05, 4.69) is 10.4 Å². The Kier molecular flexibility index (Phi) is 5.22. The maximum absolute atomic E-state index is 12.1.